The molecular weight excluding hydrogens is 400 g/mol. The smallest absolute Gasteiger partial charge is 0.342 e. The van der Waals surface area contributed by atoms with Crippen LogP contribution in [0.15, 0.2) is 52.3 Å². The summed E-state index contributed by atoms with van der Waals surface area (Å²) in [5.74, 6) is -0.865. The van der Waals surface area contributed by atoms with Gasteiger partial charge in [-0.2, -0.15) is 0 Å². The third-order valence-electron chi connectivity index (χ3n) is 4.28. The maximum atomic E-state index is 12.6. The Bertz CT molecular complexity index is 964. The number of hydrogen-bond acceptors (Lipinski definition) is 6. The van der Waals surface area contributed by atoms with Gasteiger partial charge in [0.05, 0.1) is 30.2 Å². The topological polar surface area (TPSA) is 107 Å². The number of ether oxygens (including phenoxy) is 2. The van der Waals surface area contributed by atoms with Gasteiger partial charge in [-0.25, -0.2) is 14.4 Å². The van der Waals surface area contributed by atoms with Gasteiger partial charge in [-0.15, -0.1) is 0 Å². The standard InChI is InChI=1S/C20H19ClN2O6/c1-3-27-19(25)16-15(10-29-18(24)14-8-9-28-11(14)2)22-20(26)23-17(16)12-4-6-13(21)7-5-12/h4-9,17H,3,10H2,1-2H3,(H2,22,23,26). The third-order valence-corrected chi connectivity index (χ3v) is 4.53. The van der Waals surface area contributed by atoms with Crippen LogP contribution in [0.2, 0.25) is 5.02 Å². The molecular formula is C20H19ClN2O6. The molecule has 0 saturated carbocycles. The molecule has 0 radical (unpaired) electrons. The number of benzene rings is 1. The van der Waals surface area contributed by atoms with Gasteiger partial charge in [0, 0.05) is 5.02 Å². The van der Waals surface area contributed by atoms with Crippen LogP contribution in [-0.2, 0) is 14.3 Å². The minimum atomic E-state index is -0.788. The number of carbonyl (C=O) groups is 3. The van der Waals surface area contributed by atoms with Gasteiger partial charge >= 0.3 is 18.0 Å². The van der Waals surface area contributed by atoms with Crippen molar-refractivity contribution in [1.29, 1.82) is 0 Å². The van der Waals surface area contributed by atoms with Crippen molar-refractivity contribution in [3.8, 4) is 0 Å². The quantitative estimate of drug-likeness (QED) is 0.697. The van der Waals surface area contributed by atoms with Gasteiger partial charge in [0.2, 0.25) is 0 Å². The minimum Gasteiger partial charge on any atom is -0.469 e. The third kappa shape index (κ3) is 4.60. The van der Waals surface area contributed by atoms with Crippen LogP contribution < -0.4 is 10.6 Å². The van der Waals surface area contributed by atoms with Gasteiger partial charge < -0.3 is 24.5 Å². The monoisotopic (exact) mass is 418 g/mol. The van der Waals surface area contributed by atoms with Crippen molar-refractivity contribution in [2.45, 2.75) is 19.9 Å². The zero-order valence-corrected chi connectivity index (χ0v) is 16.5. The molecule has 0 aliphatic carbocycles. The van der Waals surface area contributed by atoms with Crippen molar-refractivity contribution in [1.82, 2.24) is 10.6 Å². The number of nitrogens with one attached hydrogen (secondary N) is 2. The van der Waals surface area contributed by atoms with E-state index in [0.29, 0.717) is 16.3 Å². The number of halogens is 1. The molecule has 152 valence electrons. The lowest BCUT2D eigenvalue weighted by atomic mass is 9.95. The number of rotatable bonds is 6. The molecule has 2 N–H and O–H groups in total. The fourth-order valence-corrected chi connectivity index (χ4v) is 3.03. The first kappa shape index (κ1) is 20.5. The second-order valence-corrected chi connectivity index (χ2v) is 6.60. The molecule has 1 atom stereocenters. The maximum Gasteiger partial charge on any atom is 0.342 e. The molecule has 0 bridgehead atoms. The molecule has 1 aliphatic rings. The van der Waals surface area contributed by atoms with Gasteiger partial charge in [-0.1, -0.05) is 23.7 Å². The zero-order chi connectivity index (χ0) is 21.0. The summed E-state index contributed by atoms with van der Waals surface area (Å²) in [6.45, 7) is 3.12. The second-order valence-electron chi connectivity index (χ2n) is 6.16. The Hall–Kier alpha value is -3.26. The second kappa shape index (κ2) is 8.83. The molecule has 2 aromatic rings. The normalized spacial score (nSPS) is 16.1. The summed E-state index contributed by atoms with van der Waals surface area (Å²) in [4.78, 5) is 37.1. The molecule has 1 aromatic carbocycles. The first-order valence-electron chi connectivity index (χ1n) is 8.85. The number of carbonyl (C=O) groups excluding carboxylic acids is 3. The summed E-state index contributed by atoms with van der Waals surface area (Å²) in [5, 5.41) is 5.74. The predicted molar refractivity (Wildman–Crippen MR) is 103 cm³/mol. The molecule has 1 aliphatic heterocycles. The summed E-state index contributed by atoms with van der Waals surface area (Å²) in [7, 11) is 0. The molecule has 3 rings (SSSR count). The van der Waals surface area contributed by atoms with E-state index in [1.54, 1.807) is 38.1 Å². The van der Waals surface area contributed by atoms with Gasteiger partial charge in [0.25, 0.3) is 0 Å². The molecule has 0 fully saturated rings. The van der Waals surface area contributed by atoms with E-state index in [-0.39, 0.29) is 30.0 Å². The van der Waals surface area contributed by atoms with Gasteiger partial charge in [0.1, 0.15) is 17.9 Å². The van der Waals surface area contributed by atoms with Gasteiger partial charge in [-0.05, 0) is 37.6 Å². The minimum absolute atomic E-state index is 0.140. The zero-order valence-electron chi connectivity index (χ0n) is 15.8. The largest absolute Gasteiger partial charge is 0.469 e. The Morgan fingerprint density at radius 1 is 1.14 bits per heavy atom. The summed E-state index contributed by atoms with van der Waals surface area (Å²) < 4.78 is 15.5. The number of esters is 2. The van der Waals surface area contributed by atoms with E-state index in [1.807, 2.05) is 0 Å². The number of aryl methyl sites for hydroxylation is 1. The van der Waals surface area contributed by atoms with E-state index in [2.05, 4.69) is 10.6 Å². The Kier molecular flexibility index (Phi) is 6.23. The number of hydrogen-bond donors (Lipinski definition) is 2. The highest BCUT2D eigenvalue weighted by molar-refractivity contribution is 6.30. The fraction of sp³-hybridized carbons (Fsp3) is 0.250. The van der Waals surface area contributed by atoms with Crippen LogP contribution in [0.5, 0.6) is 0 Å². The highest BCUT2D eigenvalue weighted by atomic mass is 35.5. The van der Waals surface area contributed by atoms with E-state index >= 15 is 0 Å². The summed E-state index contributed by atoms with van der Waals surface area (Å²) in [6, 6.07) is 6.83. The van der Waals surface area contributed by atoms with E-state index in [1.165, 1.54) is 12.3 Å². The summed E-state index contributed by atoms with van der Waals surface area (Å²) >= 11 is 5.93. The number of urea groups is 1. The van der Waals surface area contributed by atoms with Crippen LogP contribution in [0.4, 0.5) is 4.79 Å². The van der Waals surface area contributed by atoms with Crippen LogP contribution in [0.25, 0.3) is 0 Å². The van der Waals surface area contributed by atoms with E-state index in [4.69, 9.17) is 25.5 Å². The first-order valence-corrected chi connectivity index (χ1v) is 9.22. The van der Waals surface area contributed by atoms with Crippen molar-refractivity contribution in [3.05, 3.63) is 69.8 Å². The Morgan fingerprint density at radius 2 is 1.86 bits per heavy atom. The van der Waals surface area contributed by atoms with E-state index in [0.717, 1.165) is 0 Å². The van der Waals surface area contributed by atoms with E-state index < -0.39 is 24.0 Å². The molecule has 2 heterocycles. The van der Waals surface area contributed by atoms with Crippen molar-refractivity contribution in [2.24, 2.45) is 0 Å². The van der Waals surface area contributed by atoms with Crippen molar-refractivity contribution in [2.75, 3.05) is 13.2 Å². The van der Waals surface area contributed by atoms with Crippen LogP contribution in [-0.4, -0.2) is 31.2 Å². The molecule has 2 amide bonds. The van der Waals surface area contributed by atoms with Crippen molar-refractivity contribution in [3.63, 3.8) is 0 Å². The highest BCUT2D eigenvalue weighted by Crippen LogP contribution is 2.29. The lowest BCUT2D eigenvalue weighted by Crippen LogP contribution is -2.47. The van der Waals surface area contributed by atoms with Crippen molar-refractivity contribution < 1.29 is 28.3 Å². The molecule has 1 aromatic heterocycles. The molecule has 9 heteroatoms. The van der Waals surface area contributed by atoms with Crippen LogP contribution in [0.1, 0.15) is 34.6 Å². The fourth-order valence-electron chi connectivity index (χ4n) is 2.90. The average molecular weight is 419 g/mol. The summed E-state index contributed by atoms with van der Waals surface area (Å²) in [6.07, 6.45) is 1.37. The number of furan rings is 1. The van der Waals surface area contributed by atoms with Crippen LogP contribution >= 0.6 is 11.6 Å². The molecule has 8 nitrogen and oxygen atoms in total. The Balaban J connectivity index is 1.93. The lowest BCUT2D eigenvalue weighted by Gasteiger charge is -2.29. The molecule has 1 unspecified atom stereocenters. The molecule has 29 heavy (non-hydrogen) atoms. The Labute approximate surface area is 171 Å². The average Bonchev–Trinajstić information content (AvgIpc) is 3.12. The van der Waals surface area contributed by atoms with E-state index in [9.17, 15) is 14.4 Å². The van der Waals surface area contributed by atoms with Gasteiger partial charge in [0.15, 0.2) is 0 Å². The van der Waals surface area contributed by atoms with Crippen molar-refractivity contribution >= 4 is 29.6 Å². The molecule has 0 spiro atoms. The number of amides is 2. The van der Waals surface area contributed by atoms with Crippen LogP contribution in [0, 0.1) is 6.92 Å². The maximum absolute atomic E-state index is 12.6. The van der Waals surface area contributed by atoms with Gasteiger partial charge in [-0.3, -0.25) is 0 Å². The highest BCUT2D eigenvalue weighted by Gasteiger charge is 2.34. The lowest BCUT2D eigenvalue weighted by molar-refractivity contribution is -0.139. The Morgan fingerprint density at radius 3 is 2.48 bits per heavy atom. The molecule has 0 saturated heterocycles. The van der Waals surface area contributed by atoms with Crippen LogP contribution in [0.3, 0.4) is 0 Å². The predicted octanol–water partition coefficient (Wildman–Crippen LogP) is 3.27. The SMILES string of the molecule is CCOC(=O)C1=C(COC(=O)c2ccoc2C)NC(=O)NC1c1ccc(Cl)cc1. The summed E-state index contributed by atoms with van der Waals surface area (Å²) in [5.41, 5.74) is 1.17. The first-order chi connectivity index (χ1) is 13.9.